The summed E-state index contributed by atoms with van der Waals surface area (Å²) in [5, 5.41) is 4.09. The van der Waals surface area contributed by atoms with Crippen molar-refractivity contribution in [3.05, 3.63) is 64.7 Å². The highest BCUT2D eigenvalue weighted by Crippen LogP contribution is 2.32. The predicted molar refractivity (Wildman–Crippen MR) is 73.2 cm³/mol. The number of fused-ring (bicyclic) bond motifs is 1. The Bertz CT molecular complexity index is 609. The van der Waals surface area contributed by atoms with Gasteiger partial charge < -0.3 is 5.32 Å². The number of hydrogen-bond donors (Lipinski definition) is 1. The summed E-state index contributed by atoms with van der Waals surface area (Å²) in [6, 6.07) is 15.3. The molecule has 0 spiro atoms. The van der Waals surface area contributed by atoms with Crippen molar-refractivity contribution in [2.24, 2.45) is 0 Å². The van der Waals surface area contributed by atoms with Gasteiger partial charge in [-0.1, -0.05) is 35.9 Å². The molecule has 1 N–H and O–H groups in total. The summed E-state index contributed by atoms with van der Waals surface area (Å²) >= 11 is 5.99. The van der Waals surface area contributed by atoms with Crippen LogP contribution in [0.1, 0.15) is 28.4 Å². The molecule has 0 saturated heterocycles. The van der Waals surface area contributed by atoms with E-state index < -0.39 is 0 Å². The molecule has 0 aliphatic carbocycles. The number of anilines is 1. The normalized spacial score (nSPS) is 18.1. The molecule has 1 heterocycles. The van der Waals surface area contributed by atoms with Crippen LogP contribution in [0.5, 0.6) is 0 Å². The first kappa shape index (κ1) is 11.3. The number of carbonyl (C=O) groups excluding carboxylic acids is 1. The maximum absolute atomic E-state index is 12.1. The molecule has 1 unspecified atom stereocenters. The molecule has 2 aromatic rings. The van der Waals surface area contributed by atoms with E-state index in [2.05, 4.69) is 5.32 Å². The molecule has 1 aliphatic heterocycles. The summed E-state index contributed by atoms with van der Waals surface area (Å²) in [6.07, 6.45) is 0.470. The lowest BCUT2D eigenvalue weighted by Gasteiger charge is -2.26. The summed E-state index contributed by atoms with van der Waals surface area (Å²) in [5.41, 5.74) is 2.72. The standard InChI is InChI=1S/C15H12ClNO/c16-11-5-3-4-10(8-11)14-9-15(18)12-6-1-2-7-13(12)17-14/h1-8,14,17H,9H2. The maximum atomic E-state index is 12.1. The Morgan fingerprint density at radius 2 is 1.94 bits per heavy atom. The lowest BCUT2D eigenvalue weighted by molar-refractivity contribution is 0.0972. The molecule has 0 bridgehead atoms. The van der Waals surface area contributed by atoms with E-state index in [1.807, 2.05) is 48.5 Å². The number of halogens is 1. The second-order valence-corrected chi connectivity index (χ2v) is 4.86. The van der Waals surface area contributed by atoms with Crippen molar-refractivity contribution in [3.8, 4) is 0 Å². The van der Waals surface area contributed by atoms with Crippen molar-refractivity contribution >= 4 is 23.1 Å². The number of ketones is 1. The van der Waals surface area contributed by atoms with E-state index >= 15 is 0 Å². The first-order valence-corrected chi connectivity index (χ1v) is 6.26. The third-order valence-electron chi connectivity index (χ3n) is 3.20. The fourth-order valence-corrected chi connectivity index (χ4v) is 2.51. The summed E-state index contributed by atoms with van der Waals surface area (Å²) < 4.78 is 0. The first-order chi connectivity index (χ1) is 8.74. The molecule has 3 heteroatoms. The summed E-state index contributed by atoms with van der Waals surface area (Å²) in [5.74, 6) is 0.175. The Balaban J connectivity index is 1.97. The quantitative estimate of drug-likeness (QED) is 0.834. The van der Waals surface area contributed by atoms with E-state index in [0.29, 0.717) is 11.4 Å². The second-order valence-electron chi connectivity index (χ2n) is 4.42. The van der Waals surface area contributed by atoms with E-state index in [1.54, 1.807) is 0 Å². The van der Waals surface area contributed by atoms with E-state index in [1.165, 1.54) is 0 Å². The van der Waals surface area contributed by atoms with Crippen LogP contribution in [0.3, 0.4) is 0 Å². The van der Waals surface area contributed by atoms with Gasteiger partial charge in [-0.2, -0.15) is 0 Å². The number of Topliss-reactive ketones (excluding diaryl/α,β-unsaturated/α-hetero) is 1. The molecule has 0 radical (unpaired) electrons. The molecule has 0 saturated carbocycles. The molecular formula is C15H12ClNO. The Morgan fingerprint density at radius 3 is 2.78 bits per heavy atom. The molecule has 0 fully saturated rings. The van der Waals surface area contributed by atoms with E-state index in [4.69, 9.17) is 11.6 Å². The molecule has 90 valence electrons. The topological polar surface area (TPSA) is 29.1 Å². The number of rotatable bonds is 1. The van der Waals surface area contributed by atoms with Crippen molar-refractivity contribution < 1.29 is 4.79 Å². The Morgan fingerprint density at radius 1 is 1.11 bits per heavy atom. The molecule has 1 atom stereocenters. The molecule has 0 aromatic heterocycles. The van der Waals surface area contributed by atoms with Gasteiger partial charge in [0.1, 0.15) is 0 Å². The highest BCUT2D eigenvalue weighted by atomic mass is 35.5. The molecular weight excluding hydrogens is 246 g/mol. The zero-order valence-electron chi connectivity index (χ0n) is 9.69. The monoisotopic (exact) mass is 257 g/mol. The second kappa shape index (κ2) is 4.46. The van der Waals surface area contributed by atoms with Gasteiger partial charge in [0.2, 0.25) is 0 Å². The number of hydrogen-bond acceptors (Lipinski definition) is 2. The van der Waals surface area contributed by atoms with Gasteiger partial charge in [0.15, 0.2) is 5.78 Å². The van der Waals surface area contributed by atoms with Gasteiger partial charge in [0, 0.05) is 22.7 Å². The van der Waals surface area contributed by atoms with Crippen LogP contribution in [0.4, 0.5) is 5.69 Å². The molecule has 3 rings (SSSR count). The van der Waals surface area contributed by atoms with Crippen LogP contribution >= 0.6 is 11.6 Å². The zero-order valence-corrected chi connectivity index (χ0v) is 10.4. The van der Waals surface area contributed by atoms with Crippen LogP contribution in [0.25, 0.3) is 0 Å². The number of nitrogens with one attached hydrogen (secondary N) is 1. The van der Waals surface area contributed by atoms with Gasteiger partial charge in [0.25, 0.3) is 0 Å². The Hall–Kier alpha value is -1.80. The lowest BCUT2D eigenvalue weighted by Crippen LogP contribution is -2.22. The summed E-state index contributed by atoms with van der Waals surface area (Å²) in [4.78, 5) is 12.1. The van der Waals surface area contributed by atoms with Crippen LogP contribution in [0.15, 0.2) is 48.5 Å². The largest absolute Gasteiger partial charge is 0.377 e. The van der Waals surface area contributed by atoms with Crippen LogP contribution < -0.4 is 5.32 Å². The summed E-state index contributed by atoms with van der Waals surface area (Å²) in [7, 11) is 0. The minimum atomic E-state index is 0.00565. The van der Waals surface area contributed by atoms with E-state index in [9.17, 15) is 4.79 Å². The minimum Gasteiger partial charge on any atom is -0.377 e. The van der Waals surface area contributed by atoms with Gasteiger partial charge in [-0.15, -0.1) is 0 Å². The Labute approximate surface area is 111 Å². The molecule has 2 nitrogen and oxygen atoms in total. The number of para-hydroxylation sites is 1. The smallest absolute Gasteiger partial charge is 0.167 e. The fourth-order valence-electron chi connectivity index (χ4n) is 2.31. The zero-order chi connectivity index (χ0) is 12.5. The molecule has 18 heavy (non-hydrogen) atoms. The predicted octanol–water partition coefficient (Wildman–Crippen LogP) is 4.08. The average molecular weight is 258 g/mol. The van der Waals surface area contributed by atoms with Gasteiger partial charge in [-0.05, 0) is 29.8 Å². The average Bonchev–Trinajstić information content (AvgIpc) is 2.39. The van der Waals surface area contributed by atoms with Crippen LogP contribution in [-0.2, 0) is 0 Å². The third kappa shape index (κ3) is 2.00. The van der Waals surface area contributed by atoms with Crippen molar-refractivity contribution in [2.45, 2.75) is 12.5 Å². The lowest BCUT2D eigenvalue weighted by atomic mass is 9.92. The molecule has 0 amide bonds. The highest BCUT2D eigenvalue weighted by Gasteiger charge is 2.24. The van der Waals surface area contributed by atoms with Crippen molar-refractivity contribution in [1.29, 1.82) is 0 Å². The van der Waals surface area contributed by atoms with E-state index in [-0.39, 0.29) is 11.8 Å². The molecule has 2 aromatic carbocycles. The fraction of sp³-hybridized carbons (Fsp3) is 0.133. The first-order valence-electron chi connectivity index (χ1n) is 5.88. The Kier molecular flexibility index (Phi) is 2.80. The molecule has 1 aliphatic rings. The van der Waals surface area contributed by atoms with Crippen molar-refractivity contribution in [1.82, 2.24) is 0 Å². The van der Waals surface area contributed by atoms with Gasteiger partial charge in [0.05, 0.1) is 6.04 Å². The van der Waals surface area contributed by atoms with Crippen molar-refractivity contribution in [2.75, 3.05) is 5.32 Å². The number of benzene rings is 2. The van der Waals surface area contributed by atoms with Gasteiger partial charge >= 0.3 is 0 Å². The third-order valence-corrected chi connectivity index (χ3v) is 3.43. The van der Waals surface area contributed by atoms with Crippen LogP contribution in [0, 0.1) is 0 Å². The SMILES string of the molecule is O=C1CC(c2cccc(Cl)c2)Nc2ccccc21. The number of carbonyl (C=O) groups is 1. The van der Waals surface area contributed by atoms with Gasteiger partial charge in [-0.3, -0.25) is 4.79 Å². The van der Waals surface area contributed by atoms with Crippen LogP contribution in [-0.4, -0.2) is 5.78 Å². The van der Waals surface area contributed by atoms with Gasteiger partial charge in [-0.25, -0.2) is 0 Å². The maximum Gasteiger partial charge on any atom is 0.167 e. The van der Waals surface area contributed by atoms with Crippen molar-refractivity contribution in [3.63, 3.8) is 0 Å². The highest BCUT2D eigenvalue weighted by molar-refractivity contribution is 6.30. The van der Waals surface area contributed by atoms with E-state index in [0.717, 1.165) is 16.8 Å². The summed E-state index contributed by atoms with van der Waals surface area (Å²) in [6.45, 7) is 0. The minimum absolute atomic E-state index is 0.00565. The van der Waals surface area contributed by atoms with Crippen LogP contribution in [0.2, 0.25) is 5.02 Å².